The van der Waals surface area contributed by atoms with Gasteiger partial charge in [-0.25, -0.2) is 0 Å². The van der Waals surface area contributed by atoms with Crippen LogP contribution in [-0.4, -0.2) is 5.11 Å². The van der Waals surface area contributed by atoms with Crippen molar-refractivity contribution in [3.63, 3.8) is 0 Å². The zero-order valence-electron chi connectivity index (χ0n) is 5.53. The maximum absolute atomic E-state index is 9.03. The van der Waals surface area contributed by atoms with Crippen molar-refractivity contribution in [3.05, 3.63) is 21.9 Å². The Kier molecular flexibility index (Phi) is 2.05. The van der Waals surface area contributed by atoms with E-state index in [1.54, 1.807) is 18.4 Å². The Morgan fingerprint density at radius 3 is 2.80 bits per heavy atom. The van der Waals surface area contributed by atoms with Gasteiger partial charge in [-0.15, -0.1) is 11.3 Å². The lowest BCUT2D eigenvalue weighted by molar-refractivity contribution is 0.203. The van der Waals surface area contributed by atoms with Crippen molar-refractivity contribution in [3.8, 4) is 6.07 Å². The summed E-state index contributed by atoms with van der Waals surface area (Å²) in [4.78, 5) is 0.844. The third-order valence-corrected chi connectivity index (χ3v) is 2.26. The highest BCUT2D eigenvalue weighted by atomic mass is 32.1. The Balaban J connectivity index is 2.91. The smallest absolute Gasteiger partial charge is 0.100 e. The Bertz CT molecular complexity index is 259. The number of nitrogens with zero attached hydrogens (tertiary/aromatic N) is 1. The summed E-state index contributed by atoms with van der Waals surface area (Å²) in [6, 6.07) is 3.71. The van der Waals surface area contributed by atoms with Gasteiger partial charge in [0.15, 0.2) is 0 Å². The van der Waals surface area contributed by atoms with E-state index in [9.17, 15) is 0 Å². The molecule has 0 aliphatic carbocycles. The molecule has 0 spiro atoms. The third kappa shape index (κ3) is 1.35. The molecule has 0 radical (unpaired) electrons. The van der Waals surface area contributed by atoms with Crippen LogP contribution in [0.1, 0.15) is 23.5 Å². The minimum Gasteiger partial charge on any atom is -0.388 e. The fourth-order valence-electron chi connectivity index (χ4n) is 0.631. The van der Waals surface area contributed by atoms with Crippen molar-refractivity contribution in [1.29, 1.82) is 5.26 Å². The van der Waals surface area contributed by atoms with Crippen molar-refractivity contribution < 1.29 is 5.11 Å². The Labute approximate surface area is 63.4 Å². The first kappa shape index (κ1) is 7.26. The molecule has 0 bridgehead atoms. The van der Waals surface area contributed by atoms with Gasteiger partial charge in [-0.2, -0.15) is 5.26 Å². The van der Waals surface area contributed by atoms with Crippen LogP contribution in [0.3, 0.4) is 0 Å². The van der Waals surface area contributed by atoms with Gasteiger partial charge in [-0.05, 0) is 13.0 Å². The van der Waals surface area contributed by atoms with Crippen molar-refractivity contribution in [2.24, 2.45) is 0 Å². The molecule has 0 aliphatic rings. The van der Waals surface area contributed by atoms with Crippen LogP contribution in [0.15, 0.2) is 11.4 Å². The van der Waals surface area contributed by atoms with Crippen molar-refractivity contribution in [2.75, 3.05) is 0 Å². The number of thiophene rings is 1. The van der Waals surface area contributed by atoms with E-state index < -0.39 is 6.10 Å². The van der Waals surface area contributed by atoms with Gasteiger partial charge in [0, 0.05) is 10.3 Å². The van der Waals surface area contributed by atoms with E-state index in [-0.39, 0.29) is 0 Å². The lowest BCUT2D eigenvalue weighted by Crippen LogP contribution is -1.83. The summed E-state index contributed by atoms with van der Waals surface area (Å²) in [7, 11) is 0. The van der Waals surface area contributed by atoms with Crippen molar-refractivity contribution >= 4 is 11.3 Å². The molecule has 1 atom stereocenters. The second-order valence-electron chi connectivity index (χ2n) is 2.03. The summed E-state index contributed by atoms with van der Waals surface area (Å²) in [6.45, 7) is 1.69. The third-order valence-electron chi connectivity index (χ3n) is 1.16. The summed E-state index contributed by atoms with van der Waals surface area (Å²) < 4.78 is 0. The lowest BCUT2D eigenvalue weighted by Gasteiger charge is -1.95. The predicted octanol–water partition coefficient (Wildman–Crippen LogP) is 1.67. The maximum Gasteiger partial charge on any atom is 0.100 e. The topological polar surface area (TPSA) is 44.0 Å². The fourth-order valence-corrected chi connectivity index (χ4v) is 1.41. The van der Waals surface area contributed by atoms with E-state index >= 15 is 0 Å². The standard InChI is InChI=1S/C7H7NOS/c1-5(9)7-2-6(3-8)4-10-7/h2,4-5,9H,1H3. The molecule has 3 heteroatoms. The van der Waals surface area contributed by atoms with Crippen molar-refractivity contribution in [2.45, 2.75) is 13.0 Å². The molecule has 1 unspecified atom stereocenters. The predicted molar refractivity (Wildman–Crippen MR) is 39.7 cm³/mol. The summed E-state index contributed by atoms with van der Waals surface area (Å²) in [5, 5.41) is 19.2. The van der Waals surface area contributed by atoms with Gasteiger partial charge in [0.25, 0.3) is 0 Å². The molecule has 1 rings (SSSR count). The highest BCUT2D eigenvalue weighted by Gasteiger charge is 2.03. The zero-order valence-corrected chi connectivity index (χ0v) is 6.35. The van der Waals surface area contributed by atoms with Crippen LogP contribution in [0.5, 0.6) is 0 Å². The van der Waals surface area contributed by atoms with E-state index in [0.717, 1.165) is 4.88 Å². The number of nitriles is 1. The van der Waals surface area contributed by atoms with Gasteiger partial charge < -0.3 is 5.11 Å². The van der Waals surface area contributed by atoms with Gasteiger partial charge in [0.1, 0.15) is 6.07 Å². The molecule has 0 fully saturated rings. The number of hydrogen-bond donors (Lipinski definition) is 1. The molecule has 2 nitrogen and oxygen atoms in total. The number of aliphatic hydroxyl groups is 1. The van der Waals surface area contributed by atoms with E-state index in [0.29, 0.717) is 5.56 Å². The molecule has 0 aromatic carbocycles. The molecule has 0 saturated carbocycles. The van der Waals surface area contributed by atoms with Gasteiger partial charge in [-0.3, -0.25) is 0 Å². The SMILES string of the molecule is CC(O)c1cc(C#N)cs1. The molecule has 0 saturated heterocycles. The first-order valence-electron chi connectivity index (χ1n) is 2.90. The molecule has 0 aliphatic heterocycles. The van der Waals surface area contributed by atoms with Crippen LogP contribution < -0.4 is 0 Å². The monoisotopic (exact) mass is 153 g/mol. The summed E-state index contributed by atoms with van der Waals surface area (Å²) in [5.41, 5.74) is 0.626. The van der Waals surface area contributed by atoms with Crippen LogP contribution in [0.4, 0.5) is 0 Å². The second-order valence-corrected chi connectivity index (χ2v) is 2.97. The van der Waals surface area contributed by atoms with E-state index in [1.807, 2.05) is 6.07 Å². The first-order chi connectivity index (χ1) is 4.74. The van der Waals surface area contributed by atoms with E-state index in [1.165, 1.54) is 11.3 Å². The fraction of sp³-hybridized carbons (Fsp3) is 0.286. The minimum absolute atomic E-state index is 0.452. The van der Waals surface area contributed by atoms with Crippen LogP contribution >= 0.6 is 11.3 Å². The molecule has 52 valence electrons. The quantitative estimate of drug-likeness (QED) is 0.667. The zero-order chi connectivity index (χ0) is 7.56. The molecule has 10 heavy (non-hydrogen) atoms. The Morgan fingerprint density at radius 2 is 2.50 bits per heavy atom. The van der Waals surface area contributed by atoms with Gasteiger partial charge >= 0.3 is 0 Å². The van der Waals surface area contributed by atoms with Crippen molar-refractivity contribution in [1.82, 2.24) is 0 Å². The summed E-state index contributed by atoms with van der Waals surface area (Å²) in [6.07, 6.45) is -0.452. The first-order valence-corrected chi connectivity index (χ1v) is 3.78. The molecule has 1 heterocycles. The number of aliphatic hydroxyl groups excluding tert-OH is 1. The average Bonchev–Trinajstić information content (AvgIpc) is 2.34. The van der Waals surface area contributed by atoms with Crippen LogP contribution in [0, 0.1) is 11.3 Å². The largest absolute Gasteiger partial charge is 0.388 e. The van der Waals surface area contributed by atoms with E-state index in [2.05, 4.69) is 0 Å². The summed E-state index contributed by atoms with van der Waals surface area (Å²) in [5.74, 6) is 0. The Morgan fingerprint density at radius 1 is 1.80 bits per heavy atom. The molecular formula is C7H7NOS. The number of hydrogen-bond acceptors (Lipinski definition) is 3. The minimum atomic E-state index is -0.452. The molecular weight excluding hydrogens is 146 g/mol. The highest BCUT2D eigenvalue weighted by molar-refractivity contribution is 7.10. The number of rotatable bonds is 1. The van der Waals surface area contributed by atoms with Gasteiger partial charge in [0.2, 0.25) is 0 Å². The normalized spacial score (nSPS) is 12.5. The lowest BCUT2D eigenvalue weighted by atomic mass is 10.3. The average molecular weight is 153 g/mol. The second kappa shape index (κ2) is 2.82. The van der Waals surface area contributed by atoms with Gasteiger partial charge in [0.05, 0.1) is 11.7 Å². The maximum atomic E-state index is 9.03. The molecule has 1 aromatic heterocycles. The van der Waals surface area contributed by atoms with E-state index in [4.69, 9.17) is 10.4 Å². The highest BCUT2D eigenvalue weighted by Crippen LogP contribution is 2.20. The van der Waals surface area contributed by atoms with Crippen LogP contribution in [0.25, 0.3) is 0 Å². The molecule has 1 N–H and O–H groups in total. The van der Waals surface area contributed by atoms with Crippen LogP contribution in [-0.2, 0) is 0 Å². The van der Waals surface area contributed by atoms with Crippen LogP contribution in [0.2, 0.25) is 0 Å². The molecule has 0 amide bonds. The Hall–Kier alpha value is -0.850. The van der Waals surface area contributed by atoms with Gasteiger partial charge in [-0.1, -0.05) is 0 Å². The summed E-state index contributed by atoms with van der Waals surface area (Å²) >= 11 is 1.41. The molecule has 1 aromatic rings.